The average molecular weight is 749 g/mol. The topological polar surface area (TPSA) is 41.9 Å². The van der Waals surface area contributed by atoms with Crippen LogP contribution < -0.4 is 4.90 Å². The smallest absolute Gasteiger partial charge is 0.164 e. The molecule has 9 aromatic rings. The summed E-state index contributed by atoms with van der Waals surface area (Å²) in [7, 11) is 0. The number of fused-ring (bicyclic) bond motifs is 4. The Balaban J connectivity index is 1.07. The van der Waals surface area contributed by atoms with Gasteiger partial charge in [0.1, 0.15) is 0 Å². The molecule has 2 aromatic heterocycles. The lowest BCUT2D eigenvalue weighted by Crippen LogP contribution is -2.18. The van der Waals surface area contributed by atoms with Crippen molar-refractivity contribution in [3.05, 3.63) is 206 Å². The lowest BCUT2D eigenvalue weighted by molar-refractivity contribution is 1.07. The fraction of sp³-hybridized carbons (Fsp3) is 0.0192. The second-order valence-electron chi connectivity index (χ2n) is 14.1. The summed E-state index contributed by atoms with van der Waals surface area (Å²) in [5.74, 6) is 1.90. The third kappa shape index (κ3) is 6.64. The summed E-state index contributed by atoms with van der Waals surface area (Å²) >= 11 is 1.85. The number of hydrogen-bond acceptors (Lipinski definition) is 5. The van der Waals surface area contributed by atoms with Gasteiger partial charge in [-0.15, -0.1) is 11.3 Å². The number of hydrogen-bond donors (Lipinski definition) is 0. The van der Waals surface area contributed by atoms with Crippen LogP contribution in [0.25, 0.3) is 82.2 Å². The second-order valence-corrected chi connectivity index (χ2v) is 15.2. The van der Waals surface area contributed by atoms with Gasteiger partial charge in [-0.3, -0.25) is 0 Å². The monoisotopic (exact) mass is 748 g/mol. The SMILES string of the molecule is C=C1/C=C\C=C/CN(c2cccc(-c3ccc4c(c3)sc3ccccc34)c2)c2cccc(-c3cccc(-c4nc(-c5ccccc5)nc(-c5ccccc5)n4)c3)c21. The van der Waals surface area contributed by atoms with Crippen molar-refractivity contribution >= 4 is 48.5 Å². The molecule has 7 aromatic carbocycles. The zero-order valence-corrected chi connectivity index (χ0v) is 31.9. The van der Waals surface area contributed by atoms with Crippen molar-refractivity contribution in [3.63, 3.8) is 0 Å². The molecule has 57 heavy (non-hydrogen) atoms. The Morgan fingerprint density at radius 3 is 1.88 bits per heavy atom. The minimum absolute atomic E-state index is 0.621. The zero-order chi connectivity index (χ0) is 38.1. The van der Waals surface area contributed by atoms with Gasteiger partial charge in [-0.05, 0) is 64.2 Å². The number of rotatable bonds is 6. The van der Waals surface area contributed by atoms with Crippen molar-refractivity contribution in [2.24, 2.45) is 0 Å². The standard InChI is InChI=1S/C52H36N4S/c1-35-16-5-4-12-31-56(42-24-14-21-38(33-42)39-29-30-45-44-25-10-11-28-47(44)57-48(45)34-39)46-27-15-26-43(49(35)46)40-22-13-23-41(32-40)52-54-50(36-17-6-2-7-18-36)53-51(55-52)37-19-8-3-9-20-37/h2-30,32-34H,1,31H2/b12-4-,16-5-. The van der Waals surface area contributed by atoms with Gasteiger partial charge in [0.2, 0.25) is 0 Å². The van der Waals surface area contributed by atoms with Crippen molar-refractivity contribution in [1.29, 1.82) is 0 Å². The van der Waals surface area contributed by atoms with Gasteiger partial charge in [0.15, 0.2) is 17.5 Å². The predicted molar refractivity (Wildman–Crippen MR) is 241 cm³/mol. The van der Waals surface area contributed by atoms with Crippen LogP contribution in [0, 0.1) is 0 Å². The van der Waals surface area contributed by atoms with E-state index in [1.165, 1.54) is 31.3 Å². The fourth-order valence-electron chi connectivity index (χ4n) is 7.71. The highest BCUT2D eigenvalue weighted by Gasteiger charge is 2.20. The van der Waals surface area contributed by atoms with E-state index in [-0.39, 0.29) is 0 Å². The molecule has 1 aliphatic rings. The Morgan fingerprint density at radius 2 is 1.09 bits per heavy atom. The van der Waals surface area contributed by atoms with Crippen LogP contribution in [-0.4, -0.2) is 21.5 Å². The molecule has 0 bridgehead atoms. The van der Waals surface area contributed by atoms with E-state index >= 15 is 0 Å². The van der Waals surface area contributed by atoms with Gasteiger partial charge in [0.25, 0.3) is 0 Å². The third-order valence-electron chi connectivity index (χ3n) is 10.5. The van der Waals surface area contributed by atoms with Crippen LogP contribution in [0.4, 0.5) is 11.4 Å². The normalized spacial score (nSPS) is 13.8. The van der Waals surface area contributed by atoms with Crippen molar-refractivity contribution in [2.45, 2.75) is 0 Å². The average Bonchev–Trinajstić information content (AvgIpc) is 3.68. The lowest BCUT2D eigenvalue weighted by Gasteiger charge is -2.28. The Kier molecular flexibility index (Phi) is 8.90. The van der Waals surface area contributed by atoms with E-state index in [0.29, 0.717) is 24.0 Å². The minimum Gasteiger partial charge on any atom is -0.337 e. The molecule has 0 atom stereocenters. The quantitative estimate of drug-likeness (QED) is 0.170. The first kappa shape index (κ1) is 34.3. The van der Waals surface area contributed by atoms with Gasteiger partial charge in [0, 0.05) is 60.3 Å². The fourth-order valence-corrected chi connectivity index (χ4v) is 8.85. The molecule has 0 aliphatic carbocycles. The number of thiophene rings is 1. The van der Waals surface area contributed by atoms with Crippen LogP contribution in [0.3, 0.4) is 0 Å². The summed E-state index contributed by atoms with van der Waals surface area (Å²) in [4.78, 5) is 17.3. The molecule has 0 fully saturated rings. The van der Waals surface area contributed by atoms with Crippen LogP contribution in [0.2, 0.25) is 0 Å². The predicted octanol–water partition coefficient (Wildman–Crippen LogP) is 13.9. The number of anilines is 2. The minimum atomic E-state index is 0.621. The first-order valence-corrected chi connectivity index (χ1v) is 19.9. The number of allylic oxidation sites excluding steroid dienone is 4. The molecule has 0 N–H and O–H groups in total. The van der Waals surface area contributed by atoms with Crippen molar-refractivity contribution in [2.75, 3.05) is 11.4 Å². The highest BCUT2D eigenvalue weighted by Crippen LogP contribution is 2.42. The van der Waals surface area contributed by atoms with E-state index in [0.717, 1.165) is 50.3 Å². The summed E-state index contributed by atoms with van der Waals surface area (Å²) < 4.78 is 2.62. The Labute approximate surface area is 336 Å². The van der Waals surface area contributed by atoms with E-state index in [1.54, 1.807) is 0 Å². The molecule has 0 spiro atoms. The van der Waals surface area contributed by atoms with E-state index in [9.17, 15) is 0 Å². The maximum Gasteiger partial charge on any atom is 0.164 e. The molecule has 3 heterocycles. The number of aromatic nitrogens is 3. The van der Waals surface area contributed by atoms with Crippen molar-refractivity contribution in [1.82, 2.24) is 15.0 Å². The Bertz CT molecular complexity index is 2960. The van der Waals surface area contributed by atoms with Gasteiger partial charge in [0.05, 0.1) is 0 Å². The van der Waals surface area contributed by atoms with E-state index in [2.05, 4.69) is 145 Å². The van der Waals surface area contributed by atoms with Crippen LogP contribution in [0.15, 0.2) is 201 Å². The molecule has 4 nitrogen and oxygen atoms in total. The third-order valence-corrected chi connectivity index (χ3v) is 11.6. The van der Waals surface area contributed by atoms with E-state index in [4.69, 9.17) is 15.0 Å². The maximum absolute atomic E-state index is 5.02. The molecule has 10 rings (SSSR count). The Morgan fingerprint density at radius 1 is 0.474 bits per heavy atom. The summed E-state index contributed by atoms with van der Waals surface area (Å²) in [6.07, 6.45) is 8.50. The lowest BCUT2D eigenvalue weighted by atomic mass is 9.91. The van der Waals surface area contributed by atoms with Crippen LogP contribution in [0.5, 0.6) is 0 Å². The molecule has 0 saturated carbocycles. The van der Waals surface area contributed by atoms with Crippen LogP contribution in [0.1, 0.15) is 5.56 Å². The molecule has 0 amide bonds. The van der Waals surface area contributed by atoms with Gasteiger partial charge >= 0.3 is 0 Å². The maximum atomic E-state index is 5.02. The highest BCUT2D eigenvalue weighted by atomic mass is 32.1. The molecule has 0 unspecified atom stereocenters. The van der Waals surface area contributed by atoms with Crippen LogP contribution in [-0.2, 0) is 0 Å². The molecule has 0 saturated heterocycles. The summed E-state index contributed by atoms with van der Waals surface area (Å²) in [5, 5.41) is 2.62. The van der Waals surface area contributed by atoms with Crippen LogP contribution >= 0.6 is 11.3 Å². The van der Waals surface area contributed by atoms with Crippen molar-refractivity contribution < 1.29 is 0 Å². The summed E-state index contributed by atoms with van der Waals surface area (Å²) in [5.41, 5.74) is 11.5. The molecule has 270 valence electrons. The van der Waals surface area contributed by atoms with Crippen molar-refractivity contribution in [3.8, 4) is 56.4 Å². The Hall–Kier alpha value is -7.21. The summed E-state index contributed by atoms with van der Waals surface area (Å²) in [6, 6.07) is 59.6. The van der Waals surface area contributed by atoms with E-state index in [1.807, 2.05) is 72.0 Å². The highest BCUT2D eigenvalue weighted by molar-refractivity contribution is 7.25. The van der Waals surface area contributed by atoms with Gasteiger partial charge < -0.3 is 4.90 Å². The first-order valence-electron chi connectivity index (χ1n) is 19.1. The first-order chi connectivity index (χ1) is 28.2. The molecule has 1 aliphatic heterocycles. The van der Waals surface area contributed by atoms with E-state index < -0.39 is 0 Å². The van der Waals surface area contributed by atoms with Gasteiger partial charge in [-0.2, -0.15) is 0 Å². The largest absolute Gasteiger partial charge is 0.337 e. The molecular weight excluding hydrogens is 713 g/mol. The number of nitrogens with zero attached hydrogens (tertiary/aromatic N) is 4. The second kappa shape index (κ2) is 14.8. The van der Waals surface area contributed by atoms with Gasteiger partial charge in [-0.1, -0.05) is 164 Å². The number of benzene rings is 7. The molecule has 0 radical (unpaired) electrons. The van der Waals surface area contributed by atoms with Gasteiger partial charge in [-0.25, -0.2) is 15.0 Å². The zero-order valence-electron chi connectivity index (χ0n) is 31.1. The summed E-state index contributed by atoms with van der Waals surface area (Å²) in [6.45, 7) is 5.31. The molecule has 5 heteroatoms. The molecular formula is C52H36N4S.